The van der Waals surface area contributed by atoms with Gasteiger partial charge in [-0.1, -0.05) is 12.1 Å². The van der Waals surface area contributed by atoms with Gasteiger partial charge in [-0.3, -0.25) is 0 Å². The van der Waals surface area contributed by atoms with E-state index in [9.17, 15) is 4.39 Å². The van der Waals surface area contributed by atoms with Crippen LogP contribution in [-0.4, -0.2) is 15.8 Å². The first-order valence-electron chi connectivity index (χ1n) is 8.34. The zero-order chi connectivity index (χ0) is 17.9. The van der Waals surface area contributed by atoms with Gasteiger partial charge < -0.3 is 8.98 Å². The molecule has 2 heterocycles. The number of para-hydroxylation sites is 2. The quantitative estimate of drug-likeness (QED) is 0.412. The van der Waals surface area contributed by atoms with Crippen LogP contribution in [0.15, 0.2) is 70.2 Å². The molecule has 0 amide bonds. The minimum atomic E-state index is -0.273. The summed E-state index contributed by atoms with van der Waals surface area (Å²) >= 11 is 0. The van der Waals surface area contributed by atoms with E-state index in [1.807, 2.05) is 36.4 Å². The second-order valence-corrected chi connectivity index (χ2v) is 5.75. The highest BCUT2D eigenvalue weighted by molar-refractivity contribution is 5.80. The van der Waals surface area contributed by atoms with E-state index in [-0.39, 0.29) is 5.82 Å². The molecule has 1 N–H and O–H groups in total. The van der Waals surface area contributed by atoms with Crippen LogP contribution in [0.5, 0.6) is 0 Å². The molecule has 0 atom stereocenters. The molecule has 4 aromatic rings. The maximum absolute atomic E-state index is 13.0. The van der Waals surface area contributed by atoms with Crippen molar-refractivity contribution in [2.45, 2.75) is 13.5 Å². The maximum Gasteiger partial charge on any atom is 0.224 e. The Labute approximate surface area is 149 Å². The summed E-state index contributed by atoms with van der Waals surface area (Å²) in [5.41, 5.74) is 5.76. The SMILES string of the molecule is CCn1c(N/N=C\c2ccc(-c3ccc(F)cc3)o2)nc2ccccc21. The Morgan fingerprint density at radius 2 is 1.92 bits per heavy atom. The first-order chi connectivity index (χ1) is 12.7. The van der Waals surface area contributed by atoms with Gasteiger partial charge in [-0.15, -0.1) is 0 Å². The average molecular weight is 348 g/mol. The van der Waals surface area contributed by atoms with Crippen LogP contribution in [0.4, 0.5) is 10.3 Å². The number of fused-ring (bicyclic) bond motifs is 1. The fourth-order valence-electron chi connectivity index (χ4n) is 2.83. The molecule has 0 aliphatic rings. The van der Waals surface area contributed by atoms with Crippen LogP contribution >= 0.6 is 0 Å². The lowest BCUT2D eigenvalue weighted by molar-refractivity contribution is 0.574. The summed E-state index contributed by atoms with van der Waals surface area (Å²) in [5.74, 6) is 1.66. The summed E-state index contributed by atoms with van der Waals surface area (Å²) in [5, 5.41) is 4.22. The average Bonchev–Trinajstić information content (AvgIpc) is 3.26. The van der Waals surface area contributed by atoms with E-state index >= 15 is 0 Å². The second kappa shape index (κ2) is 6.84. The number of halogens is 1. The highest BCUT2D eigenvalue weighted by Gasteiger charge is 2.08. The lowest BCUT2D eigenvalue weighted by Gasteiger charge is -2.03. The highest BCUT2D eigenvalue weighted by Crippen LogP contribution is 2.22. The second-order valence-electron chi connectivity index (χ2n) is 5.75. The van der Waals surface area contributed by atoms with Gasteiger partial charge in [-0.2, -0.15) is 5.10 Å². The monoisotopic (exact) mass is 348 g/mol. The number of hydrazone groups is 1. The minimum absolute atomic E-state index is 0.273. The standard InChI is InChI=1S/C20H17FN4O/c1-2-25-18-6-4-3-5-17(18)23-20(25)24-22-13-16-11-12-19(26-16)14-7-9-15(21)10-8-14/h3-13H,2H2,1H3,(H,23,24)/b22-13-. The lowest BCUT2D eigenvalue weighted by atomic mass is 10.2. The van der Waals surface area contributed by atoms with Gasteiger partial charge in [0.1, 0.15) is 17.3 Å². The molecule has 0 saturated heterocycles. The fraction of sp³-hybridized carbons (Fsp3) is 0.100. The molecule has 0 bridgehead atoms. The van der Waals surface area contributed by atoms with Crippen LogP contribution < -0.4 is 5.43 Å². The molecule has 5 nitrogen and oxygen atoms in total. The topological polar surface area (TPSA) is 55.4 Å². The smallest absolute Gasteiger partial charge is 0.224 e. The number of anilines is 1. The van der Waals surface area contributed by atoms with E-state index in [2.05, 4.69) is 27.0 Å². The number of benzene rings is 2. The number of aromatic nitrogens is 2. The summed E-state index contributed by atoms with van der Waals surface area (Å²) in [6, 6.07) is 17.8. The predicted molar refractivity (Wildman–Crippen MR) is 101 cm³/mol. The number of imidazole rings is 1. The fourth-order valence-corrected chi connectivity index (χ4v) is 2.83. The van der Waals surface area contributed by atoms with E-state index in [0.717, 1.165) is 23.1 Å². The van der Waals surface area contributed by atoms with Crippen molar-refractivity contribution in [3.8, 4) is 11.3 Å². The molecule has 2 aromatic heterocycles. The molecule has 130 valence electrons. The van der Waals surface area contributed by atoms with Gasteiger partial charge in [0.05, 0.1) is 17.2 Å². The van der Waals surface area contributed by atoms with Crippen LogP contribution in [-0.2, 0) is 6.54 Å². The van der Waals surface area contributed by atoms with Crippen molar-refractivity contribution >= 4 is 23.2 Å². The van der Waals surface area contributed by atoms with Crippen LogP contribution in [0.1, 0.15) is 12.7 Å². The largest absolute Gasteiger partial charge is 0.455 e. The zero-order valence-electron chi connectivity index (χ0n) is 14.2. The minimum Gasteiger partial charge on any atom is -0.455 e. The Morgan fingerprint density at radius 1 is 1.12 bits per heavy atom. The third kappa shape index (κ3) is 3.09. The molecule has 2 aromatic carbocycles. The number of hydrogen-bond donors (Lipinski definition) is 1. The molecule has 0 aliphatic carbocycles. The molecular weight excluding hydrogens is 331 g/mol. The van der Waals surface area contributed by atoms with Crippen molar-refractivity contribution in [1.82, 2.24) is 9.55 Å². The highest BCUT2D eigenvalue weighted by atomic mass is 19.1. The molecule has 4 rings (SSSR count). The predicted octanol–water partition coefficient (Wildman–Crippen LogP) is 4.90. The number of hydrogen-bond acceptors (Lipinski definition) is 4. The first-order valence-corrected chi connectivity index (χ1v) is 8.34. The number of furan rings is 1. The maximum atomic E-state index is 13.0. The van der Waals surface area contributed by atoms with Crippen molar-refractivity contribution in [1.29, 1.82) is 0 Å². The summed E-state index contributed by atoms with van der Waals surface area (Å²) in [6.07, 6.45) is 1.59. The first kappa shape index (κ1) is 16.1. The van der Waals surface area contributed by atoms with Gasteiger partial charge in [0.2, 0.25) is 5.95 Å². The third-order valence-electron chi connectivity index (χ3n) is 4.08. The van der Waals surface area contributed by atoms with Gasteiger partial charge >= 0.3 is 0 Å². The molecule has 0 aliphatic heterocycles. The van der Waals surface area contributed by atoms with E-state index in [1.165, 1.54) is 12.1 Å². The number of aryl methyl sites for hydroxylation is 1. The van der Waals surface area contributed by atoms with Gasteiger partial charge in [0.25, 0.3) is 0 Å². The van der Waals surface area contributed by atoms with E-state index < -0.39 is 0 Å². The number of nitrogens with one attached hydrogen (secondary N) is 1. The zero-order valence-corrected chi connectivity index (χ0v) is 14.2. The lowest BCUT2D eigenvalue weighted by Crippen LogP contribution is -2.01. The normalized spacial score (nSPS) is 11.5. The van der Waals surface area contributed by atoms with E-state index in [1.54, 1.807) is 18.3 Å². The molecule has 0 unspecified atom stereocenters. The van der Waals surface area contributed by atoms with Gasteiger partial charge in [0.15, 0.2) is 0 Å². The van der Waals surface area contributed by atoms with Crippen molar-refractivity contribution in [3.63, 3.8) is 0 Å². The van der Waals surface area contributed by atoms with Crippen LogP contribution in [0.25, 0.3) is 22.4 Å². The summed E-state index contributed by atoms with van der Waals surface area (Å²) in [7, 11) is 0. The molecular formula is C20H17FN4O. The van der Waals surface area contributed by atoms with Gasteiger partial charge in [-0.05, 0) is 55.5 Å². The Kier molecular flexibility index (Phi) is 4.23. The van der Waals surface area contributed by atoms with Crippen molar-refractivity contribution in [2.24, 2.45) is 5.10 Å². The summed E-state index contributed by atoms with van der Waals surface area (Å²) < 4.78 is 20.8. The Balaban J connectivity index is 1.52. The van der Waals surface area contributed by atoms with Crippen molar-refractivity contribution in [2.75, 3.05) is 5.43 Å². The molecule has 0 spiro atoms. The van der Waals surface area contributed by atoms with Crippen molar-refractivity contribution in [3.05, 3.63) is 72.2 Å². The molecule has 26 heavy (non-hydrogen) atoms. The third-order valence-corrected chi connectivity index (χ3v) is 4.08. The number of rotatable bonds is 5. The van der Waals surface area contributed by atoms with Crippen LogP contribution in [0.3, 0.4) is 0 Å². The van der Waals surface area contributed by atoms with Crippen LogP contribution in [0, 0.1) is 5.82 Å². The summed E-state index contributed by atoms with van der Waals surface area (Å²) in [4.78, 5) is 4.55. The summed E-state index contributed by atoms with van der Waals surface area (Å²) in [6.45, 7) is 2.85. The van der Waals surface area contributed by atoms with Gasteiger partial charge in [0, 0.05) is 12.1 Å². The Bertz CT molecular complexity index is 1060. The molecule has 0 saturated carbocycles. The van der Waals surface area contributed by atoms with Gasteiger partial charge in [-0.25, -0.2) is 14.8 Å². The van der Waals surface area contributed by atoms with Crippen molar-refractivity contribution < 1.29 is 8.81 Å². The van der Waals surface area contributed by atoms with E-state index in [4.69, 9.17) is 4.42 Å². The molecule has 6 heteroatoms. The van der Waals surface area contributed by atoms with Crippen LogP contribution in [0.2, 0.25) is 0 Å². The molecule has 0 fully saturated rings. The Morgan fingerprint density at radius 3 is 2.73 bits per heavy atom. The van der Waals surface area contributed by atoms with E-state index in [0.29, 0.717) is 17.5 Å². The molecule has 0 radical (unpaired) electrons. The Hall–Kier alpha value is -3.41. The number of nitrogens with zero attached hydrogens (tertiary/aromatic N) is 3.